The Labute approximate surface area is 167 Å². The Kier molecular flexibility index (Phi) is 7.10. The summed E-state index contributed by atoms with van der Waals surface area (Å²) >= 11 is 0.572. The fraction of sp³-hybridized carbons (Fsp3) is 0.364. The Morgan fingerprint density at radius 1 is 1.00 bits per heavy atom. The number of carbonyl (C=O) groups excluding carboxylic acids is 2. The summed E-state index contributed by atoms with van der Waals surface area (Å²) in [5.74, 6) is -3.50. The Morgan fingerprint density at radius 2 is 1.57 bits per heavy atom. The largest absolute Gasteiger partial charge is 0.400 e. The van der Waals surface area contributed by atoms with Crippen molar-refractivity contribution in [3.8, 4) is 0 Å². The highest BCUT2D eigenvalue weighted by Crippen LogP contribution is 2.43. The minimum atomic E-state index is -4.75. The van der Waals surface area contributed by atoms with Crippen LogP contribution in [-0.2, 0) is 15.0 Å². The molecule has 0 aliphatic heterocycles. The zero-order chi connectivity index (χ0) is 20.9. The van der Waals surface area contributed by atoms with Crippen molar-refractivity contribution >= 4 is 23.2 Å². The van der Waals surface area contributed by atoms with Gasteiger partial charge >= 0.3 is 6.18 Å². The maximum atomic E-state index is 13.8. The molecular formula is C22H23F3O2S. The van der Waals surface area contributed by atoms with E-state index in [1.54, 1.807) is 30.3 Å². The minimum Gasteiger partial charge on any atom is -0.303 e. The lowest BCUT2D eigenvalue weighted by Crippen LogP contribution is -2.35. The molecule has 0 saturated carbocycles. The van der Waals surface area contributed by atoms with Gasteiger partial charge in [-0.2, -0.15) is 13.2 Å². The number of thioether (sulfide) groups is 1. The summed E-state index contributed by atoms with van der Waals surface area (Å²) in [6, 6.07) is 14.9. The molecule has 28 heavy (non-hydrogen) atoms. The predicted molar refractivity (Wildman–Crippen MR) is 105 cm³/mol. The standard InChI is InChI=1S/C22H23F3O2S/c1-21(2,3)16-9-11-17(12-10-16)28-20(27)19(22(23,24)25)18(13-14-26)15-7-5-4-6-8-15/h4-12,14,18-19H,13H2,1-3H3/t18-,19?/m1/s1. The van der Waals surface area contributed by atoms with Crippen LogP contribution in [0.25, 0.3) is 0 Å². The molecule has 2 rings (SSSR count). The fourth-order valence-electron chi connectivity index (χ4n) is 3.00. The van der Waals surface area contributed by atoms with Crippen LogP contribution in [0, 0.1) is 5.92 Å². The number of carbonyl (C=O) groups is 2. The van der Waals surface area contributed by atoms with Crippen molar-refractivity contribution in [3.05, 3.63) is 65.7 Å². The summed E-state index contributed by atoms with van der Waals surface area (Å²) < 4.78 is 41.4. The van der Waals surface area contributed by atoms with E-state index in [2.05, 4.69) is 0 Å². The van der Waals surface area contributed by atoms with Gasteiger partial charge in [0.15, 0.2) is 0 Å². The molecule has 0 aliphatic carbocycles. The molecule has 0 spiro atoms. The third-order valence-corrected chi connectivity index (χ3v) is 5.49. The van der Waals surface area contributed by atoms with E-state index in [1.165, 1.54) is 12.1 Å². The Hall–Kier alpha value is -2.08. The summed E-state index contributed by atoms with van der Waals surface area (Å²) in [4.78, 5) is 24.2. The quantitative estimate of drug-likeness (QED) is 0.424. The van der Waals surface area contributed by atoms with E-state index in [0.29, 0.717) is 28.5 Å². The van der Waals surface area contributed by atoms with Crippen molar-refractivity contribution < 1.29 is 22.8 Å². The van der Waals surface area contributed by atoms with Crippen LogP contribution in [0.1, 0.15) is 44.2 Å². The lowest BCUT2D eigenvalue weighted by Gasteiger charge is -2.27. The fourth-order valence-corrected chi connectivity index (χ4v) is 3.93. The molecule has 0 fully saturated rings. The van der Waals surface area contributed by atoms with Gasteiger partial charge in [-0.15, -0.1) is 0 Å². The van der Waals surface area contributed by atoms with Gasteiger partial charge in [0.05, 0.1) is 0 Å². The summed E-state index contributed by atoms with van der Waals surface area (Å²) in [7, 11) is 0. The maximum absolute atomic E-state index is 13.8. The molecule has 0 heterocycles. The summed E-state index contributed by atoms with van der Waals surface area (Å²) in [6.07, 6.45) is -4.69. The van der Waals surface area contributed by atoms with Gasteiger partial charge in [0, 0.05) is 17.2 Å². The second-order valence-corrected chi connectivity index (χ2v) is 8.71. The number of benzene rings is 2. The maximum Gasteiger partial charge on any atom is 0.400 e. The molecule has 6 heteroatoms. The molecule has 2 aromatic carbocycles. The predicted octanol–water partition coefficient (Wildman–Crippen LogP) is 6.15. The molecule has 150 valence electrons. The van der Waals surface area contributed by atoms with Gasteiger partial charge in [-0.25, -0.2) is 0 Å². The van der Waals surface area contributed by atoms with Crippen molar-refractivity contribution in [1.29, 1.82) is 0 Å². The summed E-state index contributed by atoms with van der Waals surface area (Å²) in [6.45, 7) is 6.09. The van der Waals surface area contributed by atoms with Crippen molar-refractivity contribution in [2.75, 3.05) is 0 Å². The van der Waals surface area contributed by atoms with Gasteiger partial charge in [0.2, 0.25) is 5.12 Å². The number of aldehydes is 1. The van der Waals surface area contributed by atoms with Crippen molar-refractivity contribution in [2.45, 2.75) is 49.6 Å². The van der Waals surface area contributed by atoms with E-state index in [0.717, 1.165) is 5.56 Å². The lowest BCUT2D eigenvalue weighted by atomic mass is 9.84. The normalized spacial score (nSPS) is 14.4. The van der Waals surface area contributed by atoms with Gasteiger partial charge < -0.3 is 4.79 Å². The van der Waals surface area contributed by atoms with Gasteiger partial charge in [0.1, 0.15) is 12.2 Å². The number of rotatable bonds is 6. The first-order valence-electron chi connectivity index (χ1n) is 8.91. The highest BCUT2D eigenvalue weighted by molar-refractivity contribution is 8.13. The van der Waals surface area contributed by atoms with Crippen molar-refractivity contribution in [3.63, 3.8) is 0 Å². The van der Waals surface area contributed by atoms with E-state index in [4.69, 9.17) is 0 Å². The molecule has 0 saturated heterocycles. The molecular weight excluding hydrogens is 385 g/mol. The average molecular weight is 408 g/mol. The van der Waals surface area contributed by atoms with Crippen LogP contribution in [0.2, 0.25) is 0 Å². The monoisotopic (exact) mass is 408 g/mol. The van der Waals surface area contributed by atoms with Crippen LogP contribution >= 0.6 is 11.8 Å². The van der Waals surface area contributed by atoms with Crippen LogP contribution in [0.5, 0.6) is 0 Å². The molecule has 0 amide bonds. The zero-order valence-corrected chi connectivity index (χ0v) is 16.8. The van der Waals surface area contributed by atoms with E-state index >= 15 is 0 Å². The molecule has 0 radical (unpaired) electrons. The van der Waals surface area contributed by atoms with Crippen LogP contribution < -0.4 is 0 Å². The topological polar surface area (TPSA) is 34.1 Å². The Balaban J connectivity index is 2.31. The summed E-state index contributed by atoms with van der Waals surface area (Å²) in [5, 5.41) is -1.01. The van der Waals surface area contributed by atoms with E-state index in [-0.39, 0.29) is 11.8 Å². The second kappa shape index (κ2) is 8.95. The van der Waals surface area contributed by atoms with Crippen LogP contribution in [0.4, 0.5) is 13.2 Å². The molecule has 2 atom stereocenters. The molecule has 0 N–H and O–H groups in total. The molecule has 0 bridgehead atoms. The highest BCUT2D eigenvalue weighted by atomic mass is 32.2. The van der Waals surface area contributed by atoms with Gasteiger partial charge in [-0.1, -0.05) is 75.0 Å². The van der Waals surface area contributed by atoms with Crippen molar-refractivity contribution in [1.82, 2.24) is 0 Å². The first kappa shape index (κ1) is 22.2. The van der Waals surface area contributed by atoms with Crippen LogP contribution in [-0.4, -0.2) is 17.6 Å². The number of halogens is 3. The summed E-state index contributed by atoms with van der Waals surface area (Å²) in [5.41, 5.74) is 1.26. The number of alkyl halides is 3. The van der Waals surface area contributed by atoms with Crippen LogP contribution in [0.15, 0.2) is 59.5 Å². The smallest absolute Gasteiger partial charge is 0.303 e. The van der Waals surface area contributed by atoms with Crippen molar-refractivity contribution in [2.24, 2.45) is 5.92 Å². The third-order valence-electron chi connectivity index (χ3n) is 4.53. The van der Waals surface area contributed by atoms with Gasteiger partial charge in [-0.3, -0.25) is 4.79 Å². The Morgan fingerprint density at radius 3 is 2.04 bits per heavy atom. The molecule has 2 nitrogen and oxygen atoms in total. The van der Waals surface area contributed by atoms with E-state index in [1.807, 2.05) is 32.9 Å². The van der Waals surface area contributed by atoms with Gasteiger partial charge in [0.25, 0.3) is 0 Å². The molecule has 0 aromatic heterocycles. The molecule has 0 aliphatic rings. The van der Waals surface area contributed by atoms with Gasteiger partial charge in [-0.05, 0) is 28.7 Å². The zero-order valence-electron chi connectivity index (χ0n) is 16.0. The number of hydrogen-bond donors (Lipinski definition) is 0. The highest BCUT2D eigenvalue weighted by Gasteiger charge is 2.49. The molecule has 1 unspecified atom stereocenters. The first-order chi connectivity index (χ1) is 13.0. The van der Waals surface area contributed by atoms with Crippen LogP contribution in [0.3, 0.4) is 0 Å². The average Bonchev–Trinajstić information content (AvgIpc) is 2.60. The molecule has 2 aromatic rings. The number of hydrogen-bond acceptors (Lipinski definition) is 3. The third kappa shape index (κ3) is 5.71. The van der Waals surface area contributed by atoms with E-state index in [9.17, 15) is 22.8 Å². The minimum absolute atomic E-state index is 0.0932. The Bertz CT molecular complexity index is 793. The SMILES string of the molecule is CC(C)(C)c1ccc(SC(=O)C([C@H](CC=O)c2ccccc2)C(F)(F)F)cc1. The lowest BCUT2D eigenvalue weighted by molar-refractivity contribution is -0.181. The van der Waals surface area contributed by atoms with E-state index < -0.39 is 23.1 Å². The second-order valence-electron chi connectivity index (χ2n) is 7.63. The first-order valence-corrected chi connectivity index (χ1v) is 9.73.